The number of amides is 2. The molecule has 0 fully saturated rings. The average Bonchev–Trinajstić information content (AvgIpc) is 2.82. The van der Waals surface area contributed by atoms with Crippen LogP contribution in [0, 0.1) is 0 Å². The molecule has 0 bridgehead atoms. The summed E-state index contributed by atoms with van der Waals surface area (Å²) in [6.45, 7) is 2.80. The van der Waals surface area contributed by atoms with Crippen molar-refractivity contribution in [2.45, 2.75) is 57.9 Å². The van der Waals surface area contributed by atoms with Crippen molar-refractivity contribution < 1.29 is 14.3 Å². The number of unbranched alkanes of at least 4 members (excludes halogenated alkanes) is 1. The summed E-state index contributed by atoms with van der Waals surface area (Å²) in [6, 6.07) is 14.9. The highest BCUT2D eigenvalue weighted by Crippen LogP contribution is 2.33. The first-order valence-electron chi connectivity index (χ1n) is 11.4. The SMILES string of the molecule is CCCCOc1ccc(C(=O)Nc2cccc(CC3N=NC(=O)C4=C3CCCC4)c2)cc1. The Morgan fingerprint density at radius 1 is 1.12 bits per heavy atom. The summed E-state index contributed by atoms with van der Waals surface area (Å²) in [6.07, 6.45) is 6.62. The van der Waals surface area contributed by atoms with Crippen LogP contribution in [0.2, 0.25) is 0 Å². The number of benzene rings is 2. The van der Waals surface area contributed by atoms with E-state index in [1.165, 1.54) is 0 Å². The lowest BCUT2D eigenvalue weighted by atomic mass is 9.84. The molecule has 1 aliphatic carbocycles. The van der Waals surface area contributed by atoms with E-state index in [1.54, 1.807) is 12.1 Å². The molecule has 32 heavy (non-hydrogen) atoms. The maximum Gasteiger partial charge on any atom is 0.291 e. The fraction of sp³-hybridized carbons (Fsp3) is 0.385. The van der Waals surface area contributed by atoms with Crippen LogP contribution < -0.4 is 10.1 Å². The third kappa shape index (κ3) is 5.31. The number of hydrogen-bond donors (Lipinski definition) is 1. The smallest absolute Gasteiger partial charge is 0.291 e. The Bertz CT molecular complexity index is 1040. The third-order valence-electron chi connectivity index (χ3n) is 5.96. The maximum absolute atomic E-state index is 12.7. The van der Waals surface area contributed by atoms with Gasteiger partial charge in [-0.1, -0.05) is 25.5 Å². The summed E-state index contributed by atoms with van der Waals surface area (Å²) in [7, 11) is 0. The second-order valence-corrected chi connectivity index (χ2v) is 8.33. The van der Waals surface area contributed by atoms with Crippen LogP contribution in [0.15, 0.2) is 69.9 Å². The largest absolute Gasteiger partial charge is 0.494 e. The number of azo groups is 1. The molecule has 1 heterocycles. The molecule has 6 nitrogen and oxygen atoms in total. The fourth-order valence-electron chi connectivity index (χ4n) is 4.20. The molecular weight excluding hydrogens is 402 g/mol. The number of nitrogens with zero attached hydrogens (tertiary/aromatic N) is 2. The van der Waals surface area contributed by atoms with E-state index in [4.69, 9.17) is 4.74 Å². The Morgan fingerprint density at radius 2 is 1.94 bits per heavy atom. The van der Waals surface area contributed by atoms with E-state index in [2.05, 4.69) is 22.5 Å². The van der Waals surface area contributed by atoms with Gasteiger partial charge in [-0.15, -0.1) is 5.11 Å². The second kappa shape index (κ2) is 10.4. The molecule has 2 aliphatic rings. The molecule has 1 unspecified atom stereocenters. The highest BCUT2D eigenvalue weighted by molar-refractivity contribution is 6.04. The van der Waals surface area contributed by atoms with E-state index in [0.29, 0.717) is 18.6 Å². The van der Waals surface area contributed by atoms with Gasteiger partial charge in [0.15, 0.2) is 0 Å². The standard InChI is InChI=1S/C26H29N3O3/c1-2-3-15-32-21-13-11-19(12-14-21)25(30)27-20-8-6-7-18(16-20)17-24-22-9-4-5-10-23(22)26(31)29-28-24/h6-8,11-14,16,24H,2-5,9-10,15,17H2,1H3,(H,27,30). The summed E-state index contributed by atoms with van der Waals surface area (Å²) in [4.78, 5) is 24.7. The number of carbonyl (C=O) groups is 2. The number of hydrogen-bond acceptors (Lipinski definition) is 4. The van der Waals surface area contributed by atoms with Gasteiger partial charge in [0.05, 0.1) is 12.6 Å². The summed E-state index contributed by atoms with van der Waals surface area (Å²) in [5, 5.41) is 11.1. The van der Waals surface area contributed by atoms with Gasteiger partial charge in [0.25, 0.3) is 11.8 Å². The van der Waals surface area contributed by atoms with Crippen molar-refractivity contribution in [3.63, 3.8) is 0 Å². The van der Waals surface area contributed by atoms with Gasteiger partial charge in [0.1, 0.15) is 5.75 Å². The molecule has 2 amide bonds. The molecule has 0 saturated carbocycles. The van der Waals surface area contributed by atoms with Crippen LogP contribution in [0.5, 0.6) is 5.75 Å². The quantitative estimate of drug-likeness (QED) is 0.529. The average molecular weight is 432 g/mol. The molecule has 2 aromatic carbocycles. The first-order valence-corrected chi connectivity index (χ1v) is 11.4. The summed E-state index contributed by atoms with van der Waals surface area (Å²) >= 11 is 0. The van der Waals surface area contributed by atoms with E-state index in [1.807, 2.05) is 36.4 Å². The zero-order chi connectivity index (χ0) is 22.3. The van der Waals surface area contributed by atoms with Crippen molar-refractivity contribution in [1.29, 1.82) is 0 Å². The Labute approximate surface area is 188 Å². The van der Waals surface area contributed by atoms with Gasteiger partial charge in [-0.25, -0.2) is 0 Å². The lowest BCUT2D eigenvalue weighted by Gasteiger charge is -2.25. The topological polar surface area (TPSA) is 80.1 Å². The molecule has 0 aromatic heterocycles. The van der Waals surface area contributed by atoms with Crippen LogP contribution in [0.1, 0.15) is 61.4 Å². The van der Waals surface area contributed by atoms with Gasteiger partial charge in [-0.05, 0) is 79.6 Å². The molecule has 6 heteroatoms. The zero-order valence-corrected chi connectivity index (χ0v) is 18.5. The second-order valence-electron chi connectivity index (χ2n) is 8.33. The predicted octanol–water partition coefficient (Wildman–Crippen LogP) is 5.89. The predicted molar refractivity (Wildman–Crippen MR) is 124 cm³/mol. The number of nitrogens with one attached hydrogen (secondary N) is 1. The third-order valence-corrected chi connectivity index (χ3v) is 5.96. The van der Waals surface area contributed by atoms with Crippen molar-refractivity contribution in [2.75, 3.05) is 11.9 Å². The van der Waals surface area contributed by atoms with Gasteiger partial charge >= 0.3 is 0 Å². The lowest BCUT2D eigenvalue weighted by Crippen LogP contribution is -2.23. The monoisotopic (exact) mass is 431 g/mol. The molecule has 4 rings (SSSR count). The van der Waals surface area contributed by atoms with Crippen molar-refractivity contribution in [1.82, 2.24) is 0 Å². The van der Waals surface area contributed by atoms with Crippen LogP contribution in [-0.4, -0.2) is 24.5 Å². The van der Waals surface area contributed by atoms with E-state index in [-0.39, 0.29) is 17.9 Å². The van der Waals surface area contributed by atoms with E-state index in [9.17, 15) is 9.59 Å². The van der Waals surface area contributed by atoms with Crippen LogP contribution in [0.25, 0.3) is 0 Å². The molecule has 1 aliphatic heterocycles. The minimum Gasteiger partial charge on any atom is -0.494 e. The van der Waals surface area contributed by atoms with Crippen LogP contribution in [0.3, 0.4) is 0 Å². The Hall–Kier alpha value is -3.28. The number of ether oxygens (including phenoxy) is 1. The Kier molecular flexibility index (Phi) is 7.10. The van der Waals surface area contributed by atoms with Crippen LogP contribution >= 0.6 is 0 Å². The molecule has 0 saturated heterocycles. The molecule has 1 N–H and O–H groups in total. The number of anilines is 1. The molecular formula is C26H29N3O3. The summed E-state index contributed by atoms with van der Waals surface area (Å²) < 4.78 is 5.66. The van der Waals surface area contributed by atoms with Crippen LogP contribution in [-0.2, 0) is 11.2 Å². The Morgan fingerprint density at radius 3 is 2.75 bits per heavy atom. The van der Waals surface area contributed by atoms with Gasteiger partial charge in [0.2, 0.25) is 0 Å². The number of carbonyl (C=O) groups excluding carboxylic acids is 2. The van der Waals surface area contributed by atoms with E-state index in [0.717, 1.165) is 66.7 Å². The fourth-order valence-corrected chi connectivity index (χ4v) is 4.20. The Balaban J connectivity index is 1.40. The van der Waals surface area contributed by atoms with E-state index < -0.39 is 0 Å². The molecule has 166 valence electrons. The molecule has 1 atom stereocenters. The molecule has 0 radical (unpaired) electrons. The minimum atomic E-state index is -0.168. The first kappa shape index (κ1) is 21.9. The van der Waals surface area contributed by atoms with Gasteiger partial charge in [-0.3, -0.25) is 9.59 Å². The van der Waals surface area contributed by atoms with Crippen molar-refractivity contribution >= 4 is 17.5 Å². The zero-order valence-electron chi connectivity index (χ0n) is 18.5. The van der Waals surface area contributed by atoms with Crippen molar-refractivity contribution in [2.24, 2.45) is 10.2 Å². The van der Waals surface area contributed by atoms with Gasteiger partial charge in [-0.2, -0.15) is 5.11 Å². The van der Waals surface area contributed by atoms with Crippen LogP contribution in [0.4, 0.5) is 5.69 Å². The molecule has 2 aromatic rings. The summed E-state index contributed by atoms with van der Waals surface area (Å²) in [5.41, 5.74) is 4.38. The summed E-state index contributed by atoms with van der Waals surface area (Å²) in [5.74, 6) is 0.440. The number of rotatable bonds is 8. The lowest BCUT2D eigenvalue weighted by molar-refractivity contribution is -0.115. The molecule has 0 spiro atoms. The highest BCUT2D eigenvalue weighted by atomic mass is 16.5. The van der Waals surface area contributed by atoms with Gasteiger partial charge < -0.3 is 10.1 Å². The first-order chi connectivity index (χ1) is 15.6. The van der Waals surface area contributed by atoms with Crippen molar-refractivity contribution in [3.8, 4) is 5.75 Å². The van der Waals surface area contributed by atoms with Gasteiger partial charge in [0, 0.05) is 23.2 Å². The van der Waals surface area contributed by atoms with Crippen molar-refractivity contribution in [3.05, 3.63) is 70.8 Å². The highest BCUT2D eigenvalue weighted by Gasteiger charge is 2.28. The minimum absolute atomic E-state index is 0.0887. The van der Waals surface area contributed by atoms with E-state index >= 15 is 0 Å². The maximum atomic E-state index is 12.7. The normalized spacial score (nSPS) is 17.8.